The number of hydrazine groups is 1. The van der Waals surface area contributed by atoms with E-state index in [9.17, 15) is 10.0 Å². The van der Waals surface area contributed by atoms with Crippen LogP contribution in [0.25, 0.3) is 0 Å². The quantitative estimate of drug-likeness (QED) is 0.206. The molecule has 7 heteroatoms. The highest BCUT2D eigenvalue weighted by molar-refractivity contribution is 6.60. The van der Waals surface area contributed by atoms with Crippen LogP contribution >= 0.6 is 0 Å². The minimum Gasteiger partial charge on any atom is -0.423 e. The second kappa shape index (κ2) is 6.83. The Bertz CT molecular complexity index is 689. The summed E-state index contributed by atoms with van der Waals surface area (Å²) < 4.78 is 0. The molecule has 0 aromatic heterocycles. The predicted octanol–water partition coefficient (Wildman–Crippen LogP) is 0.0977. The van der Waals surface area contributed by atoms with E-state index in [4.69, 9.17) is 11.6 Å². The van der Waals surface area contributed by atoms with E-state index in [1.165, 1.54) is 5.12 Å². The average Bonchev–Trinajstić information content (AvgIpc) is 2.55. The topological polar surface area (TPSA) is 108 Å². The maximum atomic E-state index is 9.43. The van der Waals surface area contributed by atoms with E-state index in [2.05, 4.69) is 5.10 Å². The Kier molecular flexibility index (Phi) is 5.05. The van der Waals surface area contributed by atoms with Crippen molar-refractivity contribution in [2.45, 2.75) is 19.4 Å². The van der Waals surface area contributed by atoms with Crippen LogP contribution in [0.5, 0.6) is 0 Å². The van der Waals surface area contributed by atoms with Gasteiger partial charge in [0.1, 0.15) is 0 Å². The monoisotopic (exact) mass is 312 g/mol. The van der Waals surface area contributed by atoms with Gasteiger partial charge >= 0.3 is 7.12 Å². The molecule has 0 fully saturated rings. The number of benzene rings is 2. The second-order valence-corrected chi connectivity index (χ2v) is 5.72. The van der Waals surface area contributed by atoms with Crippen molar-refractivity contribution in [2.75, 3.05) is 0 Å². The van der Waals surface area contributed by atoms with E-state index in [1.54, 1.807) is 24.3 Å². The van der Waals surface area contributed by atoms with Crippen LogP contribution in [0.2, 0.25) is 0 Å². The Hall–Kier alpha value is -2.35. The van der Waals surface area contributed by atoms with Crippen LogP contribution in [0.1, 0.15) is 25.0 Å². The lowest BCUT2D eigenvalue weighted by molar-refractivity contribution is 0.126. The van der Waals surface area contributed by atoms with Crippen molar-refractivity contribution in [3.63, 3.8) is 0 Å². The number of hydrogen-bond donors (Lipinski definition) is 4. The summed E-state index contributed by atoms with van der Waals surface area (Å²) in [4.78, 5) is 0. The fourth-order valence-electron chi connectivity index (χ4n) is 2.23. The van der Waals surface area contributed by atoms with Gasteiger partial charge in [0.05, 0.1) is 5.54 Å². The van der Waals surface area contributed by atoms with Crippen molar-refractivity contribution in [3.8, 4) is 0 Å². The van der Waals surface area contributed by atoms with Gasteiger partial charge in [-0.25, -0.2) is 11.0 Å². The Morgan fingerprint density at radius 2 is 1.61 bits per heavy atom. The van der Waals surface area contributed by atoms with Crippen molar-refractivity contribution < 1.29 is 10.0 Å². The highest BCUT2D eigenvalue weighted by Crippen LogP contribution is 2.25. The summed E-state index contributed by atoms with van der Waals surface area (Å²) in [5.74, 6) is 6.20. The number of hydrogen-bond acceptors (Lipinski definition) is 5. The number of nitrogens with zero attached hydrogens (tertiary/aromatic N) is 2. The zero-order chi connectivity index (χ0) is 17.0. The van der Waals surface area contributed by atoms with Crippen molar-refractivity contribution in [2.24, 2.45) is 16.7 Å². The van der Waals surface area contributed by atoms with E-state index in [0.29, 0.717) is 5.56 Å². The second-order valence-electron chi connectivity index (χ2n) is 5.72. The standard InChI is InChI=1S/C16H21BN4O2/c1-16(2,12-8-4-3-5-9-12)21(19)20-15(18)13-10-6-7-11-14(13)17(22)23/h3-11,22-23H,19H2,1-2H3,(H2,18,20). The number of amidine groups is 1. The largest absolute Gasteiger partial charge is 0.489 e. The van der Waals surface area contributed by atoms with Crippen molar-refractivity contribution in [3.05, 3.63) is 65.7 Å². The van der Waals surface area contributed by atoms with Crippen LogP contribution in [-0.4, -0.2) is 28.1 Å². The Morgan fingerprint density at radius 3 is 2.22 bits per heavy atom. The van der Waals surface area contributed by atoms with Crippen LogP contribution in [0.3, 0.4) is 0 Å². The molecule has 0 aliphatic carbocycles. The lowest BCUT2D eigenvalue weighted by Gasteiger charge is -2.33. The normalized spacial score (nSPS) is 12.1. The molecule has 2 aromatic rings. The van der Waals surface area contributed by atoms with Crippen LogP contribution in [0.15, 0.2) is 59.7 Å². The third-order valence-electron chi connectivity index (χ3n) is 3.78. The van der Waals surface area contributed by atoms with E-state index in [0.717, 1.165) is 5.56 Å². The summed E-state index contributed by atoms with van der Waals surface area (Å²) in [5.41, 5.74) is 7.12. The third kappa shape index (κ3) is 3.71. The maximum absolute atomic E-state index is 9.43. The van der Waals surface area contributed by atoms with Crippen LogP contribution < -0.4 is 17.0 Å². The smallest absolute Gasteiger partial charge is 0.423 e. The molecule has 2 rings (SSSR count). The van der Waals surface area contributed by atoms with Crippen molar-refractivity contribution in [1.82, 2.24) is 5.12 Å². The summed E-state index contributed by atoms with van der Waals surface area (Å²) in [6, 6.07) is 16.4. The SMILES string of the molecule is CC(C)(c1ccccc1)N(N)/N=C(\N)c1ccccc1B(O)O. The van der Waals surface area contributed by atoms with E-state index in [1.807, 2.05) is 44.2 Å². The van der Waals surface area contributed by atoms with Crippen LogP contribution in [0.4, 0.5) is 0 Å². The highest BCUT2D eigenvalue weighted by atomic mass is 16.4. The molecule has 0 aliphatic heterocycles. The first kappa shape index (κ1) is 17.0. The molecule has 23 heavy (non-hydrogen) atoms. The number of rotatable bonds is 5. The van der Waals surface area contributed by atoms with E-state index in [-0.39, 0.29) is 11.3 Å². The molecule has 0 bridgehead atoms. The van der Waals surface area contributed by atoms with Gasteiger partial charge in [-0.15, -0.1) is 5.10 Å². The van der Waals surface area contributed by atoms with Gasteiger partial charge < -0.3 is 15.8 Å². The highest BCUT2D eigenvalue weighted by Gasteiger charge is 2.27. The van der Waals surface area contributed by atoms with Crippen molar-refractivity contribution >= 4 is 18.4 Å². The van der Waals surface area contributed by atoms with Crippen LogP contribution in [0, 0.1) is 0 Å². The molecule has 0 saturated carbocycles. The third-order valence-corrected chi connectivity index (χ3v) is 3.78. The van der Waals surface area contributed by atoms with E-state index < -0.39 is 12.7 Å². The van der Waals surface area contributed by atoms with Gasteiger partial charge in [-0.3, -0.25) is 0 Å². The molecule has 2 aromatic carbocycles. The maximum Gasteiger partial charge on any atom is 0.489 e. The summed E-state index contributed by atoms with van der Waals surface area (Å²) >= 11 is 0. The van der Waals surface area contributed by atoms with E-state index >= 15 is 0 Å². The first-order valence-electron chi connectivity index (χ1n) is 7.24. The van der Waals surface area contributed by atoms with Gasteiger partial charge in [-0.05, 0) is 24.9 Å². The lowest BCUT2D eigenvalue weighted by atomic mass is 9.77. The molecule has 6 N–H and O–H groups in total. The molecular formula is C16H21BN4O2. The first-order valence-corrected chi connectivity index (χ1v) is 7.24. The molecule has 0 heterocycles. The van der Waals surface area contributed by atoms with Crippen molar-refractivity contribution in [1.29, 1.82) is 0 Å². The zero-order valence-electron chi connectivity index (χ0n) is 13.2. The minimum atomic E-state index is -1.63. The Morgan fingerprint density at radius 1 is 1.04 bits per heavy atom. The number of nitrogens with two attached hydrogens (primary N) is 2. The molecule has 0 radical (unpaired) electrons. The molecule has 120 valence electrons. The molecule has 0 atom stereocenters. The molecule has 0 aliphatic rings. The molecule has 0 unspecified atom stereocenters. The summed E-state index contributed by atoms with van der Waals surface area (Å²) in [5, 5.41) is 24.3. The molecule has 0 spiro atoms. The van der Waals surface area contributed by atoms with Gasteiger partial charge in [0.15, 0.2) is 5.84 Å². The lowest BCUT2D eigenvalue weighted by Crippen LogP contribution is -2.45. The Labute approximate surface area is 136 Å². The van der Waals surface area contributed by atoms with Crippen LogP contribution in [-0.2, 0) is 5.54 Å². The first-order chi connectivity index (χ1) is 10.8. The Balaban J connectivity index is 2.34. The van der Waals surface area contributed by atoms with Gasteiger partial charge in [0.2, 0.25) is 0 Å². The fourth-order valence-corrected chi connectivity index (χ4v) is 2.23. The van der Waals surface area contributed by atoms with Gasteiger partial charge in [0.25, 0.3) is 0 Å². The molecule has 0 saturated heterocycles. The number of hydrazone groups is 1. The van der Waals surface area contributed by atoms with Gasteiger partial charge in [-0.2, -0.15) is 0 Å². The predicted molar refractivity (Wildman–Crippen MR) is 92.5 cm³/mol. The summed E-state index contributed by atoms with van der Waals surface area (Å²) in [6.45, 7) is 3.85. The minimum absolute atomic E-state index is 0.111. The zero-order valence-corrected chi connectivity index (χ0v) is 13.2. The summed E-state index contributed by atoms with van der Waals surface area (Å²) in [7, 11) is -1.63. The van der Waals surface area contributed by atoms with Gasteiger partial charge in [0, 0.05) is 5.56 Å². The fraction of sp³-hybridized carbons (Fsp3) is 0.188. The van der Waals surface area contributed by atoms with Gasteiger partial charge in [-0.1, -0.05) is 54.6 Å². The molecule has 0 amide bonds. The molecular weight excluding hydrogens is 291 g/mol. The average molecular weight is 312 g/mol. The molecule has 6 nitrogen and oxygen atoms in total. The summed E-state index contributed by atoms with van der Waals surface area (Å²) in [6.07, 6.45) is 0.